The van der Waals surface area contributed by atoms with Crippen molar-refractivity contribution in [3.05, 3.63) is 24.3 Å². The lowest BCUT2D eigenvalue weighted by molar-refractivity contribution is -0.0495. The summed E-state index contributed by atoms with van der Waals surface area (Å²) in [6, 6.07) is 7.70. The monoisotopic (exact) mass is 409 g/mol. The maximum absolute atomic E-state index is 12.7. The average Bonchev–Trinajstić information content (AvgIpc) is 3.40. The molecule has 0 bridgehead atoms. The number of alkyl halides is 2. The summed E-state index contributed by atoms with van der Waals surface area (Å²) < 4.78 is 30.1. The molecule has 8 heteroatoms. The van der Waals surface area contributed by atoms with E-state index in [0.717, 1.165) is 31.9 Å². The first kappa shape index (κ1) is 21.6. The van der Waals surface area contributed by atoms with Crippen molar-refractivity contribution in [2.24, 2.45) is 4.99 Å². The Bertz CT molecular complexity index is 666. The van der Waals surface area contributed by atoms with Crippen LogP contribution in [0.4, 0.5) is 14.5 Å². The van der Waals surface area contributed by atoms with Crippen LogP contribution in [0.1, 0.15) is 32.6 Å². The predicted molar refractivity (Wildman–Crippen MR) is 113 cm³/mol. The maximum Gasteiger partial charge on any atom is 0.387 e. The topological polar surface area (TPSA) is 52.1 Å². The van der Waals surface area contributed by atoms with Crippen molar-refractivity contribution < 1.29 is 13.5 Å². The lowest BCUT2D eigenvalue weighted by atomic mass is 10.2. The Labute approximate surface area is 172 Å². The van der Waals surface area contributed by atoms with Crippen molar-refractivity contribution in [3.63, 3.8) is 0 Å². The minimum atomic E-state index is -2.82. The molecular formula is C21H33F2N5O. The Morgan fingerprint density at radius 3 is 2.69 bits per heavy atom. The van der Waals surface area contributed by atoms with Crippen LogP contribution >= 0.6 is 0 Å². The summed E-state index contributed by atoms with van der Waals surface area (Å²) in [5.41, 5.74) is 0.708. The highest BCUT2D eigenvalue weighted by Gasteiger charge is 2.26. The number of para-hydroxylation sites is 2. The van der Waals surface area contributed by atoms with Gasteiger partial charge in [0, 0.05) is 38.8 Å². The standard InChI is InChI=1S/C21H33F2N5O/c1-3-17(27-11-6-7-12-27)14-25-21(24-2)26-16-10-13-28(15-16)18-8-4-5-9-19(18)29-20(22)23/h4-5,8-9,16-17,20H,3,6-7,10-15H2,1-2H3,(H2,24,25,26). The molecule has 0 aliphatic carbocycles. The SMILES string of the molecule is CCC(CNC(=NC)NC1CCN(c2ccccc2OC(F)F)C1)N1CCCC1. The van der Waals surface area contributed by atoms with Crippen LogP contribution in [0.25, 0.3) is 0 Å². The molecule has 3 rings (SSSR count). The lowest BCUT2D eigenvalue weighted by Crippen LogP contribution is -2.49. The van der Waals surface area contributed by atoms with Crippen molar-refractivity contribution in [2.45, 2.75) is 51.3 Å². The Morgan fingerprint density at radius 1 is 1.24 bits per heavy atom. The predicted octanol–water partition coefficient (Wildman–Crippen LogP) is 2.91. The summed E-state index contributed by atoms with van der Waals surface area (Å²) in [6.45, 7) is 4.15. The first-order chi connectivity index (χ1) is 14.1. The zero-order chi connectivity index (χ0) is 20.6. The van der Waals surface area contributed by atoms with E-state index in [4.69, 9.17) is 0 Å². The van der Waals surface area contributed by atoms with Gasteiger partial charge in [-0.3, -0.25) is 9.89 Å². The molecule has 2 N–H and O–H groups in total. The van der Waals surface area contributed by atoms with Crippen LogP contribution in [0.5, 0.6) is 5.75 Å². The van der Waals surface area contributed by atoms with E-state index in [1.807, 2.05) is 12.1 Å². The van der Waals surface area contributed by atoms with Crippen LogP contribution in [-0.2, 0) is 0 Å². The number of nitrogens with zero attached hydrogens (tertiary/aromatic N) is 3. The van der Waals surface area contributed by atoms with E-state index in [0.29, 0.717) is 18.3 Å². The Hall–Kier alpha value is -2.09. The second-order valence-corrected chi connectivity index (χ2v) is 7.68. The first-order valence-electron chi connectivity index (χ1n) is 10.6. The fourth-order valence-corrected chi connectivity index (χ4v) is 4.25. The summed E-state index contributed by atoms with van der Waals surface area (Å²) in [7, 11) is 1.78. The number of nitrogens with one attached hydrogen (secondary N) is 2. The molecule has 2 aliphatic heterocycles. The molecule has 2 heterocycles. The van der Waals surface area contributed by atoms with Gasteiger partial charge in [-0.05, 0) is 50.9 Å². The number of hydrogen-bond acceptors (Lipinski definition) is 4. The van der Waals surface area contributed by atoms with Gasteiger partial charge in [-0.1, -0.05) is 19.1 Å². The van der Waals surface area contributed by atoms with Crippen LogP contribution in [0.3, 0.4) is 0 Å². The van der Waals surface area contributed by atoms with Gasteiger partial charge >= 0.3 is 6.61 Å². The van der Waals surface area contributed by atoms with E-state index < -0.39 is 6.61 Å². The molecule has 2 fully saturated rings. The smallest absolute Gasteiger partial charge is 0.387 e. The molecule has 2 atom stereocenters. The second-order valence-electron chi connectivity index (χ2n) is 7.68. The van der Waals surface area contributed by atoms with Gasteiger partial charge in [0.05, 0.1) is 5.69 Å². The molecule has 0 radical (unpaired) electrons. The quantitative estimate of drug-likeness (QED) is 0.511. The largest absolute Gasteiger partial charge is 0.433 e. The fourth-order valence-electron chi connectivity index (χ4n) is 4.25. The molecule has 0 aromatic heterocycles. The van der Waals surface area contributed by atoms with Gasteiger partial charge in [0.25, 0.3) is 0 Å². The lowest BCUT2D eigenvalue weighted by Gasteiger charge is -2.28. The number of anilines is 1. The molecule has 0 saturated carbocycles. The molecule has 2 saturated heterocycles. The van der Waals surface area contributed by atoms with E-state index in [-0.39, 0.29) is 11.8 Å². The summed E-state index contributed by atoms with van der Waals surface area (Å²) in [6.07, 6.45) is 4.60. The zero-order valence-electron chi connectivity index (χ0n) is 17.4. The van der Waals surface area contributed by atoms with Crippen molar-refractivity contribution in [2.75, 3.05) is 44.7 Å². The summed E-state index contributed by atoms with van der Waals surface area (Å²) in [5, 5.41) is 6.96. The van der Waals surface area contributed by atoms with Gasteiger partial charge in [0.1, 0.15) is 5.75 Å². The van der Waals surface area contributed by atoms with Gasteiger partial charge < -0.3 is 20.3 Å². The van der Waals surface area contributed by atoms with Crippen molar-refractivity contribution in [1.82, 2.24) is 15.5 Å². The number of aliphatic imine (C=N–C) groups is 1. The van der Waals surface area contributed by atoms with Gasteiger partial charge in [-0.15, -0.1) is 0 Å². The summed E-state index contributed by atoms with van der Waals surface area (Å²) in [5.74, 6) is 1.02. The fraction of sp³-hybridized carbons (Fsp3) is 0.667. The number of guanidine groups is 1. The van der Waals surface area contributed by atoms with Crippen LogP contribution < -0.4 is 20.3 Å². The van der Waals surface area contributed by atoms with E-state index in [1.54, 1.807) is 19.2 Å². The van der Waals surface area contributed by atoms with Crippen molar-refractivity contribution in [3.8, 4) is 5.75 Å². The Morgan fingerprint density at radius 2 is 2.00 bits per heavy atom. The maximum atomic E-state index is 12.7. The minimum Gasteiger partial charge on any atom is -0.433 e. The van der Waals surface area contributed by atoms with E-state index in [2.05, 4.69) is 37.1 Å². The molecule has 0 spiro atoms. The van der Waals surface area contributed by atoms with Gasteiger partial charge in [-0.2, -0.15) is 8.78 Å². The van der Waals surface area contributed by atoms with Crippen LogP contribution in [0.2, 0.25) is 0 Å². The number of halogens is 2. The Kier molecular flexibility index (Phi) is 7.91. The molecule has 6 nitrogen and oxygen atoms in total. The molecule has 1 aromatic carbocycles. The molecule has 162 valence electrons. The molecule has 2 aliphatic rings. The number of ether oxygens (including phenoxy) is 1. The van der Waals surface area contributed by atoms with E-state index in [9.17, 15) is 8.78 Å². The second kappa shape index (κ2) is 10.6. The van der Waals surface area contributed by atoms with E-state index in [1.165, 1.54) is 25.9 Å². The van der Waals surface area contributed by atoms with Crippen molar-refractivity contribution >= 4 is 11.6 Å². The van der Waals surface area contributed by atoms with Crippen LogP contribution in [0, 0.1) is 0 Å². The zero-order valence-corrected chi connectivity index (χ0v) is 17.4. The van der Waals surface area contributed by atoms with Gasteiger partial charge in [0.15, 0.2) is 5.96 Å². The van der Waals surface area contributed by atoms with Crippen LogP contribution in [0.15, 0.2) is 29.3 Å². The van der Waals surface area contributed by atoms with Crippen LogP contribution in [-0.4, -0.2) is 69.3 Å². The summed E-state index contributed by atoms with van der Waals surface area (Å²) >= 11 is 0. The molecule has 1 aromatic rings. The molecule has 0 amide bonds. The van der Waals surface area contributed by atoms with Gasteiger partial charge in [-0.25, -0.2) is 0 Å². The number of benzene rings is 1. The van der Waals surface area contributed by atoms with E-state index >= 15 is 0 Å². The average molecular weight is 410 g/mol. The minimum absolute atomic E-state index is 0.202. The number of rotatable bonds is 8. The molecule has 2 unspecified atom stereocenters. The molecular weight excluding hydrogens is 376 g/mol. The van der Waals surface area contributed by atoms with Gasteiger partial charge in [0.2, 0.25) is 0 Å². The highest BCUT2D eigenvalue weighted by atomic mass is 19.3. The normalized spacial score (nSPS) is 21.6. The molecule has 29 heavy (non-hydrogen) atoms. The highest BCUT2D eigenvalue weighted by molar-refractivity contribution is 5.80. The Balaban J connectivity index is 1.52. The third-order valence-corrected chi connectivity index (χ3v) is 5.81. The third-order valence-electron chi connectivity index (χ3n) is 5.81. The third kappa shape index (κ3) is 5.95. The highest BCUT2D eigenvalue weighted by Crippen LogP contribution is 2.31. The van der Waals surface area contributed by atoms with Crippen molar-refractivity contribution in [1.29, 1.82) is 0 Å². The number of hydrogen-bond donors (Lipinski definition) is 2. The summed E-state index contributed by atoms with van der Waals surface area (Å²) in [4.78, 5) is 9.01. The first-order valence-corrected chi connectivity index (χ1v) is 10.6. The number of likely N-dealkylation sites (tertiary alicyclic amines) is 1.